The van der Waals surface area contributed by atoms with E-state index in [1.165, 1.54) is 12.1 Å². The van der Waals surface area contributed by atoms with Gasteiger partial charge in [-0.15, -0.1) is 0 Å². The van der Waals surface area contributed by atoms with Gasteiger partial charge < -0.3 is 14.8 Å². The Balaban J connectivity index is 0.00000108. The van der Waals surface area contributed by atoms with Gasteiger partial charge in [0.05, 0.1) is 23.9 Å². The van der Waals surface area contributed by atoms with Crippen LogP contribution in [0.25, 0.3) is 0 Å². The number of benzene rings is 3. The molecule has 0 amide bonds. The van der Waals surface area contributed by atoms with E-state index in [1.54, 1.807) is 30.3 Å². The average Bonchev–Trinajstić information content (AvgIpc) is 2.85. The third-order valence-electron chi connectivity index (χ3n) is 5.94. The van der Waals surface area contributed by atoms with Crippen molar-refractivity contribution in [2.45, 2.75) is 54.0 Å². The normalized spacial score (nSPS) is 11.2. The highest BCUT2D eigenvalue weighted by Gasteiger charge is 2.20. The van der Waals surface area contributed by atoms with E-state index in [0.29, 0.717) is 22.9 Å². The second-order valence-corrected chi connectivity index (χ2v) is 12.3. The molecule has 0 aliphatic carbocycles. The van der Waals surface area contributed by atoms with Gasteiger partial charge in [0.15, 0.2) is 17.3 Å². The Morgan fingerprint density at radius 3 is 1.54 bits per heavy atom. The molecule has 0 atom stereocenters. The zero-order chi connectivity index (χ0) is 31.1. The molecule has 0 spiro atoms. The van der Waals surface area contributed by atoms with Crippen LogP contribution in [0, 0.1) is 27.7 Å². The molecule has 0 unspecified atom stereocenters. The van der Waals surface area contributed by atoms with Crippen LogP contribution >= 0.6 is 0 Å². The van der Waals surface area contributed by atoms with E-state index < -0.39 is 22.1 Å². The van der Waals surface area contributed by atoms with Gasteiger partial charge in [-0.1, -0.05) is 12.1 Å². The monoisotopic (exact) mass is 583 g/mol. The van der Waals surface area contributed by atoms with Gasteiger partial charge in [0.25, 0.3) is 10.1 Å². The summed E-state index contributed by atoms with van der Waals surface area (Å²) in [5, 5.41) is 3.15. The standard InChI is InChI=1S/C30H33NO5.CH4O3S/c1-18-8-10-23(14-20(18)3)28(33)35-26-13-12-22(25(32)17-31-30(5,6)7)16-27(26)36-29(34)24-11-9-19(2)21(4)15-24;1-5(2,3)4/h8-16,31H,17H2,1-7H3;1H3,(H,2,3,4). The lowest BCUT2D eigenvalue weighted by Gasteiger charge is -2.20. The molecule has 3 rings (SSSR count). The zero-order valence-electron chi connectivity index (χ0n) is 24.6. The van der Waals surface area contributed by atoms with Crippen LogP contribution in [0.15, 0.2) is 54.6 Å². The highest BCUT2D eigenvalue weighted by atomic mass is 32.2. The van der Waals surface area contributed by atoms with Crippen molar-refractivity contribution in [1.29, 1.82) is 0 Å². The SMILES string of the molecule is CS(=O)(=O)O.Cc1ccc(C(=O)Oc2ccc(C(=O)CNC(C)(C)C)cc2OC(=O)c2ccc(C)c(C)c2)cc1C. The fourth-order valence-electron chi connectivity index (χ4n) is 3.35. The van der Waals surface area contributed by atoms with Crippen LogP contribution in [0.4, 0.5) is 0 Å². The van der Waals surface area contributed by atoms with E-state index in [2.05, 4.69) is 5.32 Å². The van der Waals surface area contributed by atoms with E-state index in [1.807, 2.05) is 60.6 Å². The molecule has 2 N–H and O–H groups in total. The average molecular weight is 584 g/mol. The van der Waals surface area contributed by atoms with Gasteiger partial charge in [0.2, 0.25) is 0 Å². The molecule has 41 heavy (non-hydrogen) atoms. The number of aryl methyl sites for hydroxylation is 4. The Morgan fingerprint density at radius 1 is 0.707 bits per heavy atom. The Kier molecular flexibility index (Phi) is 11.1. The highest BCUT2D eigenvalue weighted by molar-refractivity contribution is 7.85. The van der Waals surface area contributed by atoms with Crippen molar-refractivity contribution >= 4 is 27.8 Å². The zero-order valence-corrected chi connectivity index (χ0v) is 25.4. The van der Waals surface area contributed by atoms with Crippen molar-refractivity contribution in [3.8, 4) is 11.5 Å². The summed E-state index contributed by atoms with van der Waals surface area (Å²) in [5.41, 5.74) is 4.84. The number of carbonyl (C=O) groups is 3. The summed E-state index contributed by atoms with van der Waals surface area (Å²) in [6, 6.07) is 15.0. The summed E-state index contributed by atoms with van der Waals surface area (Å²) in [7, 11) is -3.67. The Labute approximate surface area is 241 Å². The molecular weight excluding hydrogens is 546 g/mol. The van der Waals surface area contributed by atoms with Crippen LogP contribution in [-0.4, -0.2) is 49.0 Å². The fourth-order valence-corrected chi connectivity index (χ4v) is 3.35. The number of Topliss-reactive ketones (excluding diaryl/α,β-unsaturated/α-hetero) is 1. The van der Waals surface area contributed by atoms with Crippen molar-refractivity contribution in [3.63, 3.8) is 0 Å². The van der Waals surface area contributed by atoms with Crippen LogP contribution in [0.5, 0.6) is 11.5 Å². The smallest absolute Gasteiger partial charge is 0.343 e. The molecule has 0 bridgehead atoms. The number of ether oxygens (including phenoxy) is 2. The molecule has 0 radical (unpaired) electrons. The molecule has 0 aliphatic rings. The van der Waals surface area contributed by atoms with E-state index >= 15 is 0 Å². The van der Waals surface area contributed by atoms with Crippen LogP contribution in [0.1, 0.15) is 74.1 Å². The lowest BCUT2D eigenvalue weighted by Crippen LogP contribution is -2.39. The second kappa shape index (κ2) is 13.7. The molecule has 0 aliphatic heterocycles. The molecule has 9 nitrogen and oxygen atoms in total. The molecule has 10 heteroatoms. The number of nitrogens with one attached hydrogen (secondary N) is 1. The van der Waals surface area contributed by atoms with Gasteiger partial charge in [-0.25, -0.2) is 9.59 Å². The second-order valence-electron chi connectivity index (χ2n) is 10.8. The van der Waals surface area contributed by atoms with Gasteiger partial charge in [-0.05, 0) is 113 Å². The highest BCUT2D eigenvalue weighted by Crippen LogP contribution is 2.31. The summed E-state index contributed by atoms with van der Waals surface area (Å²) in [6.07, 6.45) is 0.715. The molecule has 3 aromatic carbocycles. The summed E-state index contributed by atoms with van der Waals surface area (Å²) in [5.74, 6) is -1.33. The lowest BCUT2D eigenvalue weighted by atomic mass is 10.1. The molecular formula is C31H37NO8S. The van der Waals surface area contributed by atoms with Crippen LogP contribution in [0.3, 0.4) is 0 Å². The van der Waals surface area contributed by atoms with Crippen LogP contribution in [-0.2, 0) is 10.1 Å². The fraction of sp³-hybridized carbons (Fsp3) is 0.323. The van der Waals surface area contributed by atoms with Crippen molar-refractivity contribution in [1.82, 2.24) is 5.32 Å². The third kappa shape index (κ3) is 11.3. The first-order valence-corrected chi connectivity index (χ1v) is 14.6. The number of hydrogen-bond acceptors (Lipinski definition) is 8. The molecule has 0 fully saturated rings. The minimum atomic E-state index is -3.67. The quantitative estimate of drug-likeness (QED) is 0.161. The minimum absolute atomic E-state index is 0.00276. The van der Waals surface area contributed by atoms with Gasteiger partial charge in [0.1, 0.15) is 0 Å². The van der Waals surface area contributed by atoms with Crippen molar-refractivity contribution in [2.24, 2.45) is 0 Å². The summed E-state index contributed by atoms with van der Waals surface area (Å²) in [6.45, 7) is 13.7. The van der Waals surface area contributed by atoms with Crippen LogP contribution < -0.4 is 14.8 Å². The van der Waals surface area contributed by atoms with E-state index in [4.69, 9.17) is 14.0 Å². The lowest BCUT2D eigenvalue weighted by molar-refractivity contribution is 0.0682. The topological polar surface area (TPSA) is 136 Å². The van der Waals surface area contributed by atoms with E-state index in [9.17, 15) is 22.8 Å². The first-order chi connectivity index (χ1) is 18.8. The van der Waals surface area contributed by atoms with Gasteiger partial charge in [-0.2, -0.15) is 8.42 Å². The number of carbonyl (C=O) groups excluding carboxylic acids is 3. The number of hydrogen-bond donors (Lipinski definition) is 2. The van der Waals surface area contributed by atoms with Crippen LogP contribution in [0.2, 0.25) is 0 Å². The number of rotatable bonds is 7. The molecule has 220 valence electrons. The molecule has 0 saturated heterocycles. The van der Waals surface area contributed by atoms with Crippen molar-refractivity contribution in [3.05, 3.63) is 93.5 Å². The predicted octanol–water partition coefficient (Wildman–Crippen LogP) is 5.43. The van der Waals surface area contributed by atoms with Gasteiger partial charge in [-0.3, -0.25) is 9.35 Å². The Hall–Kier alpha value is -3.86. The van der Waals surface area contributed by atoms with Gasteiger partial charge in [0, 0.05) is 11.1 Å². The third-order valence-corrected chi connectivity index (χ3v) is 5.94. The molecule has 0 saturated carbocycles. The maximum absolute atomic E-state index is 12.9. The Morgan fingerprint density at radius 2 is 1.12 bits per heavy atom. The predicted molar refractivity (Wildman–Crippen MR) is 158 cm³/mol. The van der Waals surface area contributed by atoms with E-state index in [0.717, 1.165) is 22.3 Å². The molecule has 3 aromatic rings. The van der Waals surface area contributed by atoms with Crippen molar-refractivity contribution < 1.29 is 36.8 Å². The van der Waals surface area contributed by atoms with Crippen molar-refractivity contribution in [2.75, 3.05) is 12.8 Å². The van der Waals surface area contributed by atoms with Gasteiger partial charge >= 0.3 is 11.9 Å². The molecule has 0 heterocycles. The number of esters is 2. The first-order valence-electron chi connectivity index (χ1n) is 12.8. The summed E-state index contributed by atoms with van der Waals surface area (Å²) >= 11 is 0. The number of ketones is 1. The summed E-state index contributed by atoms with van der Waals surface area (Å²) < 4.78 is 37.1. The van der Waals surface area contributed by atoms with E-state index in [-0.39, 0.29) is 29.4 Å². The first kappa shape index (κ1) is 33.3. The maximum Gasteiger partial charge on any atom is 0.343 e. The minimum Gasteiger partial charge on any atom is -0.419 e. The Bertz CT molecular complexity index is 1540. The largest absolute Gasteiger partial charge is 0.419 e. The maximum atomic E-state index is 12.9. The summed E-state index contributed by atoms with van der Waals surface area (Å²) in [4.78, 5) is 38.6. The molecule has 0 aromatic heterocycles.